The second kappa shape index (κ2) is 6.97. The van der Waals surface area contributed by atoms with Crippen molar-refractivity contribution in [2.75, 3.05) is 12.0 Å². The van der Waals surface area contributed by atoms with Crippen LogP contribution in [0.5, 0.6) is 5.75 Å². The van der Waals surface area contributed by atoms with E-state index >= 15 is 0 Å². The third kappa shape index (κ3) is 2.98. The number of ketones is 1. The van der Waals surface area contributed by atoms with Crippen LogP contribution in [0.3, 0.4) is 0 Å². The van der Waals surface area contributed by atoms with Crippen LogP contribution in [0, 0.1) is 13.8 Å². The standard InChI is InChI=1S/C21H18N2O6/c1-11-8-9-15(28-11)19(24)17-18(13-6-4-5-7-14(13)27-3)23(21(26)20(17)25)16-10-12(2)29-22-16/h4-10,18,25H,1-3H3/t18-/m1/s1. The average Bonchev–Trinajstić information content (AvgIpc) is 3.40. The smallest absolute Gasteiger partial charge is 0.295 e. The first kappa shape index (κ1) is 18.5. The van der Waals surface area contributed by atoms with Gasteiger partial charge in [0.15, 0.2) is 17.3 Å². The fraction of sp³-hybridized carbons (Fsp3) is 0.190. The molecule has 3 aromatic rings. The van der Waals surface area contributed by atoms with E-state index in [4.69, 9.17) is 13.7 Å². The van der Waals surface area contributed by atoms with Crippen molar-refractivity contribution in [1.29, 1.82) is 0 Å². The number of ether oxygens (including phenoxy) is 1. The van der Waals surface area contributed by atoms with Crippen LogP contribution in [0.2, 0.25) is 0 Å². The van der Waals surface area contributed by atoms with E-state index < -0.39 is 23.5 Å². The number of aromatic nitrogens is 1. The van der Waals surface area contributed by atoms with Crippen LogP contribution in [0.4, 0.5) is 5.82 Å². The van der Waals surface area contributed by atoms with Crippen molar-refractivity contribution in [2.45, 2.75) is 19.9 Å². The highest BCUT2D eigenvalue weighted by Crippen LogP contribution is 2.44. The summed E-state index contributed by atoms with van der Waals surface area (Å²) < 4.78 is 16.0. The molecule has 4 rings (SSSR count). The van der Waals surface area contributed by atoms with E-state index in [1.54, 1.807) is 50.2 Å². The molecule has 1 amide bonds. The molecule has 0 fully saturated rings. The van der Waals surface area contributed by atoms with E-state index in [9.17, 15) is 14.7 Å². The molecule has 1 aliphatic heterocycles. The van der Waals surface area contributed by atoms with E-state index in [0.717, 1.165) is 0 Å². The Kier molecular flexibility index (Phi) is 4.46. The molecule has 1 N–H and O–H groups in total. The molecule has 148 valence electrons. The minimum Gasteiger partial charge on any atom is -0.503 e. The zero-order valence-electron chi connectivity index (χ0n) is 16.0. The molecule has 0 aliphatic carbocycles. The molecule has 3 heterocycles. The minimum absolute atomic E-state index is 0.0231. The van der Waals surface area contributed by atoms with Gasteiger partial charge in [0.2, 0.25) is 5.78 Å². The predicted octanol–water partition coefficient (Wildman–Crippen LogP) is 3.68. The van der Waals surface area contributed by atoms with Crippen LogP contribution >= 0.6 is 0 Å². The third-order valence-electron chi connectivity index (χ3n) is 4.71. The van der Waals surface area contributed by atoms with Crippen molar-refractivity contribution in [1.82, 2.24) is 5.16 Å². The van der Waals surface area contributed by atoms with Crippen molar-refractivity contribution in [3.05, 3.63) is 76.6 Å². The second-order valence-electron chi connectivity index (χ2n) is 6.62. The van der Waals surface area contributed by atoms with Gasteiger partial charge in [-0.3, -0.25) is 14.5 Å². The van der Waals surface area contributed by atoms with E-state index in [1.807, 2.05) is 0 Å². The molecule has 1 aliphatic rings. The summed E-state index contributed by atoms with van der Waals surface area (Å²) in [7, 11) is 1.49. The summed E-state index contributed by atoms with van der Waals surface area (Å²) in [5.41, 5.74) is 0.397. The van der Waals surface area contributed by atoms with Gasteiger partial charge in [-0.2, -0.15) is 0 Å². The number of para-hydroxylation sites is 1. The van der Waals surface area contributed by atoms with Crippen LogP contribution in [-0.4, -0.2) is 29.1 Å². The highest BCUT2D eigenvalue weighted by atomic mass is 16.5. The van der Waals surface area contributed by atoms with Crippen molar-refractivity contribution in [3.8, 4) is 5.75 Å². The molecule has 29 heavy (non-hydrogen) atoms. The predicted molar refractivity (Wildman–Crippen MR) is 102 cm³/mol. The average molecular weight is 394 g/mol. The Morgan fingerprint density at radius 3 is 2.55 bits per heavy atom. The number of rotatable bonds is 5. The highest BCUT2D eigenvalue weighted by molar-refractivity contribution is 6.20. The quantitative estimate of drug-likeness (QED) is 0.658. The Morgan fingerprint density at radius 1 is 1.17 bits per heavy atom. The molecule has 1 aromatic carbocycles. The molecule has 0 radical (unpaired) electrons. The molecule has 0 bridgehead atoms. The van der Waals surface area contributed by atoms with E-state index in [0.29, 0.717) is 22.8 Å². The first-order chi connectivity index (χ1) is 13.9. The maximum Gasteiger partial charge on any atom is 0.295 e. The first-order valence-electron chi connectivity index (χ1n) is 8.86. The number of hydrogen-bond donors (Lipinski definition) is 1. The van der Waals surface area contributed by atoms with Gasteiger partial charge in [0.1, 0.15) is 23.3 Å². The Hall–Kier alpha value is -3.81. The molecule has 0 spiro atoms. The van der Waals surface area contributed by atoms with Crippen LogP contribution in [0.25, 0.3) is 0 Å². The van der Waals surface area contributed by atoms with E-state index in [1.165, 1.54) is 18.1 Å². The lowest BCUT2D eigenvalue weighted by Gasteiger charge is -2.25. The largest absolute Gasteiger partial charge is 0.503 e. The Balaban J connectivity index is 1.91. The molecule has 0 saturated heterocycles. The van der Waals surface area contributed by atoms with Crippen molar-refractivity contribution < 1.29 is 28.4 Å². The van der Waals surface area contributed by atoms with E-state index in [-0.39, 0.29) is 17.2 Å². The van der Waals surface area contributed by atoms with E-state index in [2.05, 4.69) is 5.16 Å². The highest BCUT2D eigenvalue weighted by Gasteiger charge is 2.47. The summed E-state index contributed by atoms with van der Waals surface area (Å²) >= 11 is 0. The summed E-state index contributed by atoms with van der Waals surface area (Å²) in [5.74, 6) is -0.360. The number of amides is 1. The number of nitrogens with zero attached hydrogens (tertiary/aromatic N) is 2. The normalized spacial score (nSPS) is 16.6. The molecule has 1 atom stereocenters. The summed E-state index contributed by atoms with van der Waals surface area (Å²) in [5, 5.41) is 14.6. The number of Topliss-reactive ketones (excluding diaryl/α,β-unsaturated/α-hetero) is 1. The summed E-state index contributed by atoms with van der Waals surface area (Å²) in [4.78, 5) is 27.4. The van der Waals surface area contributed by atoms with Crippen LogP contribution in [-0.2, 0) is 4.79 Å². The van der Waals surface area contributed by atoms with Gasteiger partial charge in [-0.15, -0.1) is 0 Å². The first-order valence-corrected chi connectivity index (χ1v) is 8.86. The number of aliphatic hydroxyl groups is 1. The SMILES string of the molecule is COc1ccccc1[C@@H]1C(C(=O)c2ccc(C)o2)=C(O)C(=O)N1c1cc(C)on1. The molecule has 0 saturated carbocycles. The van der Waals surface area contributed by atoms with Gasteiger partial charge in [0, 0.05) is 11.6 Å². The Morgan fingerprint density at radius 2 is 1.93 bits per heavy atom. The number of carbonyl (C=O) groups excluding carboxylic acids is 2. The molecule has 8 heteroatoms. The number of carbonyl (C=O) groups is 2. The van der Waals surface area contributed by atoms with Crippen molar-refractivity contribution in [2.24, 2.45) is 0 Å². The fourth-order valence-corrected chi connectivity index (χ4v) is 3.42. The molecular formula is C21H18N2O6. The van der Waals surface area contributed by atoms with Gasteiger partial charge in [0.25, 0.3) is 5.91 Å². The van der Waals surface area contributed by atoms with Gasteiger partial charge < -0.3 is 18.8 Å². The van der Waals surface area contributed by atoms with Crippen LogP contribution < -0.4 is 9.64 Å². The second-order valence-corrected chi connectivity index (χ2v) is 6.62. The zero-order valence-corrected chi connectivity index (χ0v) is 16.0. The number of aliphatic hydroxyl groups excluding tert-OH is 1. The lowest BCUT2D eigenvalue weighted by atomic mass is 9.94. The molecule has 8 nitrogen and oxygen atoms in total. The molecule has 0 unspecified atom stereocenters. The monoisotopic (exact) mass is 394 g/mol. The maximum absolute atomic E-state index is 13.2. The molecular weight excluding hydrogens is 376 g/mol. The Labute approximate surface area is 166 Å². The number of aryl methyl sites for hydroxylation is 2. The lowest BCUT2D eigenvalue weighted by molar-refractivity contribution is -0.117. The lowest BCUT2D eigenvalue weighted by Crippen LogP contribution is -2.31. The fourth-order valence-electron chi connectivity index (χ4n) is 3.42. The molecule has 2 aromatic heterocycles. The van der Waals surface area contributed by atoms with Crippen LogP contribution in [0.15, 0.2) is 62.7 Å². The number of anilines is 1. The van der Waals surface area contributed by atoms with Crippen molar-refractivity contribution >= 4 is 17.5 Å². The van der Waals surface area contributed by atoms with Gasteiger partial charge >= 0.3 is 0 Å². The van der Waals surface area contributed by atoms with Crippen LogP contribution in [0.1, 0.15) is 33.7 Å². The van der Waals surface area contributed by atoms with Gasteiger partial charge in [0.05, 0.1) is 12.7 Å². The maximum atomic E-state index is 13.2. The number of benzene rings is 1. The Bertz CT molecular complexity index is 1140. The minimum atomic E-state index is -0.971. The van der Waals surface area contributed by atoms with Gasteiger partial charge in [-0.1, -0.05) is 23.4 Å². The third-order valence-corrected chi connectivity index (χ3v) is 4.71. The van der Waals surface area contributed by atoms with Gasteiger partial charge in [-0.25, -0.2) is 0 Å². The zero-order chi connectivity index (χ0) is 20.7. The number of methoxy groups -OCH3 is 1. The number of furan rings is 1. The summed E-state index contributed by atoms with van der Waals surface area (Å²) in [6.45, 7) is 3.38. The van der Waals surface area contributed by atoms with Crippen molar-refractivity contribution in [3.63, 3.8) is 0 Å². The summed E-state index contributed by atoms with van der Waals surface area (Å²) in [6.07, 6.45) is 0. The summed E-state index contributed by atoms with van der Waals surface area (Å²) in [6, 6.07) is 10.7. The van der Waals surface area contributed by atoms with Gasteiger partial charge in [-0.05, 0) is 32.0 Å². The number of hydrogen-bond acceptors (Lipinski definition) is 7. The topological polar surface area (TPSA) is 106 Å².